The number of nitrogens with zero attached hydrogens (tertiary/aromatic N) is 3. The number of sulfone groups is 1. The van der Waals surface area contributed by atoms with Crippen molar-refractivity contribution in [2.75, 3.05) is 11.1 Å². The van der Waals surface area contributed by atoms with Gasteiger partial charge in [-0.3, -0.25) is 5.10 Å². The predicted molar refractivity (Wildman–Crippen MR) is 113 cm³/mol. The Bertz CT molecular complexity index is 1400. The predicted octanol–water partition coefficient (Wildman–Crippen LogP) is 3.81. The number of aromatic nitrogens is 4. The summed E-state index contributed by atoms with van der Waals surface area (Å²) in [6, 6.07) is 7.81. The summed E-state index contributed by atoms with van der Waals surface area (Å²) in [5.41, 5.74) is 7.76. The minimum absolute atomic E-state index is 0.0757. The van der Waals surface area contributed by atoms with Crippen LogP contribution < -0.4 is 11.1 Å². The van der Waals surface area contributed by atoms with Gasteiger partial charge in [-0.25, -0.2) is 22.2 Å². The molecule has 0 fully saturated rings. The van der Waals surface area contributed by atoms with Gasteiger partial charge in [0.2, 0.25) is 5.95 Å². The zero-order chi connectivity index (χ0) is 22.3. The molecular weight excluding hydrogens is 426 g/mol. The van der Waals surface area contributed by atoms with Crippen molar-refractivity contribution in [1.82, 2.24) is 20.2 Å². The molecule has 0 saturated carbocycles. The van der Waals surface area contributed by atoms with Crippen LogP contribution in [0, 0.1) is 11.6 Å². The summed E-state index contributed by atoms with van der Waals surface area (Å²) in [5.74, 6) is -1.11. The number of aromatic amines is 1. The lowest BCUT2D eigenvalue weighted by Crippen LogP contribution is -2.15. The number of nitrogens with one attached hydrogen (secondary N) is 2. The number of hydrogen-bond donors (Lipinski definition) is 3. The molecule has 0 spiro atoms. The van der Waals surface area contributed by atoms with E-state index in [4.69, 9.17) is 5.73 Å². The lowest BCUT2D eigenvalue weighted by atomic mass is 10.1. The fourth-order valence-electron chi connectivity index (χ4n) is 3.01. The molecule has 2 aromatic carbocycles. The van der Waals surface area contributed by atoms with Crippen molar-refractivity contribution in [3.63, 3.8) is 0 Å². The van der Waals surface area contributed by atoms with Crippen molar-refractivity contribution in [2.45, 2.75) is 24.0 Å². The second-order valence-electron chi connectivity index (χ2n) is 7.12. The zero-order valence-corrected chi connectivity index (χ0v) is 17.3. The Labute approximate surface area is 176 Å². The van der Waals surface area contributed by atoms with Gasteiger partial charge in [0.25, 0.3) is 0 Å². The summed E-state index contributed by atoms with van der Waals surface area (Å²) < 4.78 is 52.5. The Hall–Kier alpha value is -3.60. The molecule has 160 valence electrons. The van der Waals surface area contributed by atoms with E-state index in [9.17, 15) is 17.2 Å². The summed E-state index contributed by atoms with van der Waals surface area (Å²) in [4.78, 5) is 7.93. The maximum Gasteiger partial charge on any atom is 0.229 e. The summed E-state index contributed by atoms with van der Waals surface area (Å²) >= 11 is 0. The van der Waals surface area contributed by atoms with E-state index in [1.54, 1.807) is 6.07 Å². The molecule has 0 atom stereocenters. The molecule has 0 unspecified atom stereocenters. The number of rotatable bonds is 5. The first kappa shape index (κ1) is 20.7. The molecule has 4 aromatic rings. The third kappa shape index (κ3) is 3.79. The second-order valence-corrected chi connectivity index (χ2v) is 9.59. The molecule has 0 aliphatic carbocycles. The number of fused-ring (bicyclic) bond motifs is 1. The van der Waals surface area contributed by atoms with Gasteiger partial charge in [-0.15, -0.1) is 0 Å². The average molecular weight is 444 g/mol. The van der Waals surface area contributed by atoms with Crippen LogP contribution in [-0.2, 0) is 9.84 Å². The molecule has 4 N–H and O–H groups in total. The normalized spacial score (nSPS) is 11.9. The van der Waals surface area contributed by atoms with Crippen LogP contribution in [0.2, 0.25) is 0 Å². The SMILES string of the molecule is CC(C)S(=O)(=O)c1cc(Nc2ncc(-c3n[nH]c4ccc(F)cc34)c(N)n2)ccc1F. The molecule has 0 bridgehead atoms. The number of nitrogen functional groups attached to an aromatic ring is 1. The Morgan fingerprint density at radius 2 is 1.90 bits per heavy atom. The first-order valence-corrected chi connectivity index (χ1v) is 10.8. The molecule has 2 heterocycles. The van der Waals surface area contributed by atoms with Crippen LogP contribution in [0.15, 0.2) is 47.5 Å². The summed E-state index contributed by atoms with van der Waals surface area (Å²) in [6.45, 7) is 2.95. The highest BCUT2D eigenvalue weighted by Crippen LogP contribution is 2.31. The number of halogens is 2. The van der Waals surface area contributed by atoms with Gasteiger partial charge in [-0.1, -0.05) is 0 Å². The average Bonchev–Trinajstić information content (AvgIpc) is 3.12. The largest absolute Gasteiger partial charge is 0.383 e. The van der Waals surface area contributed by atoms with Gasteiger partial charge < -0.3 is 11.1 Å². The number of nitrogens with two attached hydrogens (primary N) is 1. The summed E-state index contributed by atoms with van der Waals surface area (Å²) in [7, 11) is -3.81. The van der Waals surface area contributed by atoms with E-state index in [1.807, 2.05) is 0 Å². The monoisotopic (exact) mass is 444 g/mol. The van der Waals surface area contributed by atoms with Gasteiger partial charge in [0, 0.05) is 17.3 Å². The van der Waals surface area contributed by atoms with Gasteiger partial charge in [0.15, 0.2) is 9.84 Å². The third-order valence-electron chi connectivity index (χ3n) is 4.71. The molecule has 2 aromatic heterocycles. The highest BCUT2D eigenvalue weighted by Gasteiger charge is 2.24. The number of H-pyrrole nitrogens is 1. The number of anilines is 3. The lowest BCUT2D eigenvalue weighted by Gasteiger charge is -2.12. The van der Waals surface area contributed by atoms with Crippen LogP contribution >= 0.6 is 0 Å². The van der Waals surface area contributed by atoms with E-state index in [1.165, 1.54) is 44.3 Å². The van der Waals surface area contributed by atoms with E-state index in [0.29, 0.717) is 22.2 Å². The van der Waals surface area contributed by atoms with E-state index in [-0.39, 0.29) is 17.5 Å². The fraction of sp³-hybridized carbons (Fsp3) is 0.150. The van der Waals surface area contributed by atoms with Gasteiger partial charge in [0.1, 0.15) is 28.0 Å². The Morgan fingerprint density at radius 1 is 1.13 bits per heavy atom. The summed E-state index contributed by atoms with van der Waals surface area (Å²) in [6.07, 6.45) is 1.42. The molecule has 0 radical (unpaired) electrons. The van der Waals surface area contributed by atoms with E-state index < -0.39 is 31.6 Å². The summed E-state index contributed by atoms with van der Waals surface area (Å²) in [5, 5.41) is 9.53. The van der Waals surface area contributed by atoms with Crippen LogP contribution in [0.5, 0.6) is 0 Å². The standard InChI is InChI=1S/C20H18F2N6O2S/c1-10(2)31(29,30)17-8-12(4-5-15(17)22)25-20-24-9-14(19(23)26-20)18-13-7-11(21)3-6-16(13)27-28-18/h3-10H,1-2H3,(H,27,28)(H3,23,24,25,26). The highest BCUT2D eigenvalue weighted by atomic mass is 32.2. The molecule has 0 aliphatic heterocycles. The minimum atomic E-state index is -3.81. The van der Waals surface area contributed by atoms with Crippen molar-refractivity contribution in [1.29, 1.82) is 0 Å². The molecule has 0 saturated heterocycles. The quantitative estimate of drug-likeness (QED) is 0.427. The molecular formula is C20H18F2N6O2S. The molecule has 0 aliphatic rings. The van der Waals surface area contributed by atoms with E-state index in [2.05, 4.69) is 25.5 Å². The number of benzene rings is 2. The van der Waals surface area contributed by atoms with Crippen molar-refractivity contribution < 1.29 is 17.2 Å². The third-order valence-corrected chi connectivity index (χ3v) is 6.88. The lowest BCUT2D eigenvalue weighted by molar-refractivity contribution is 0.561. The minimum Gasteiger partial charge on any atom is -0.383 e. The Morgan fingerprint density at radius 3 is 2.61 bits per heavy atom. The van der Waals surface area contributed by atoms with Crippen molar-refractivity contribution >= 4 is 38.2 Å². The highest BCUT2D eigenvalue weighted by molar-refractivity contribution is 7.92. The first-order chi connectivity index (χ1) is 14.7. The Kier molecular flexibility index (Phi) is 5.05. The van der Waals surface area contributed by atoms with Crippen molar-refractivity contribution in [3.05, 3.63) is 54.2 Å². The molecule has 4 rings (SSSR count). The van der Waals surface area contributed by atoms with E-state index in [0.717, 1.165) is 6.07 Å². The topological polar surface area (TPSA) is 127 Å². The van der Waals surface area contributed by atoms with Crippen LogP contribution in [-0.4, -0.2) is 33.8 Å². The van der Waals surface area contributed by atoms with Gasteiger partial charge in [-0.05, 0) is 50.2 Å². The first-order valence-electron chi connectivity index (χ1n) is 9.24. The van der Waals surface area contributed by atoms with Gasteiger partial charge in [0.05, 0.1) is 16.3 Å². The maximum atomic E-state index is 14.1. The van der Waals surface area contributed by atoms with Crippen molar-refractivity contribution in [3.8, 4) is 11.3 Å². The fourth-order valence-corrected chi connectivity index (χ4v) is 4.15. The van der Waals surface area contributed by atoms with Crippen molar-refractivity contribution in [2.24, 2.45) is 0 Å². The van der Waals surface area contributed by atoms with Crippen LogP contribution in [0.25, 0.3) is 22.2 Å². The number of hydrogen-bond acceptors (Lipinski definition) is 7. The molecule has 31 heavy (non-hydrogen) atoms. The Balaban J connectivity index is 1.67. The van der Waals surface area contributed by atoms with Crippen LogP contribution in [0.1, 0.15) is 13.8 Å². The molecule has 8 nitrogen and oxygen atoms in total. The van der Waals surface area contributed by atoms with E-state index >= 15 is 0 Å². The van der Waals surface area contributed by atoms with Crippen LogP contribution in [0.4, 0.5) is 26.2 Å². The molecule has 0 amide bonds. The van der Waals surface area contributed by atoms with Crippen LogP contribution in [0.3, 0.4) is 0 Å². The smallest absolute Gasteiger partial charge is 0.229 e. The van der Waals surface area contributed by atoms with Gasteiger partial charge in [-0.2, -0.15) is 10.1 Å². The molecule has 11 heteroatoms. The second kappa shape index (κ2) is 7.58. The maximum absolute atomic E-state index is 14.1. The van der Waals surface area contributed by atoms with Gasteiger partial charge >= 0.3 is 0 Å². The zero-order valence-electron chi connectivity index (χ0n) is 16.5.